The Kier molecular flexibility index (Phi) is 4.86. The summed E-state index contributed by atoms with van der Waals surface area (Å²) in [4.78, 5) is 28.3. The van der Waals surface area contributed by atoms with Crippen LogP contribution in [0.4, 0.5) is 5.69 Å². The molecule has 0 saturated carbocycles. The van der Waals surface area contributed by atoms with Crippen molar-refractivity contribution in [3.05, 3.63) is 76.8 Å². The van der Waals surface area contributed by atoms with E-state index in [4.69, 9.17) is 0 Å². The molecular formula is C18H18N4O2. The van der Waals surface area contributed by atoms with Gasteiger partial charge in [0.2, 0.25) is 5.91 Å². The molecule has 2 N–H and O–H groups in total. The second-order valence-electron chi connectivity index (χ2n) is 5.34. The fraction of sp³-hybridized carbons (Fsp3) is 0.167. The SMILES string of the molecule is O=C(CNc1cnc2ccccn2c1=O)NCCc1ccccc1. The van der Waals surface area contributed by atoms with Crippen LogP contribution in [-0.2, 0) is 11.2 Å². The minimum atomic E-state index is -0.224. The monoisotopic (exact) mass is 322 g/mol. The van der Waals surface area contributed by atoms with Crippen molar-refractivity contribution in [3.8, 4) is 0 Å². The average Bonchev–Trinajstić information content (AvgIpc) is 2.62. The van der Waals surface area contributed by atoms with Crippen molar-refractivity contribution in [2.24, 2.45) is 0 Å². The van der Waals surface area contributed by atoms with Crippen LogP contribution in [0.5, 0.6) is 0 Å². The maximum atomic E-state index is 12.3. The lowest BCUT2D eigenvalue weighted by molar-refractivity contribution is -0.119. The first-order valence-electron chi connectivity index (χ1n) is 7.75. The van der Waals surface area contributed by atoms with Gasteiger partial charge in [0.1, 0.15) is 11.3 Å². The van der Waals surface area contributed by atoms with Gasteiger partial charge in [0.15, 0.2) is 0 Å². The van der Waals surface area contributed by atoms with Crippen molar-refractivity contribution in [2.75, 3.05) is 18.4 Å². The molecule has 0 fully saturated rings. The molecule has 0 saturated heterocycles. The molecule has 3 rings (SSSR count). The number of hydrogen-bond acceptors (Lipinski definition) is 4. The van der Waals surface area contributed by atoms with Crippen LogP contribution in [0.25, 0.3) is 5.65 Å². The first kappa shape index (κ1) is 15.7. The number of nitrogens with zero attached hydrogens (tertiary/aromatic N) is 2. The van der Waals surface area contributed by atoms with Crippen LogP contribution >= 0.6 is 0 Å². The fourth-order valence-corrected chi connectivity index (χ4v) is 2.38. The Labute approximate surface area is 139 Å². The number of benzene rings is 1. The van der Waals surface area contributed by atoms with E-state index in [1.807, 2.05) is 36.4 Å². The van der Waals surface area contributed by atoms with Crippen LogP contribution < -0.4 is 16.2 Å². The van der Waals surface area contributed by atoms with Gasteiger partial charge in [-0.1, -0.05) is 36.4 Å². The van der Waals surface area contributed by atoms with Gasteiger partial charge >= 0.3 is 0 Å². The van der Waals surface area contributed by atoms with Gasteiger partial charge in [-0.25, -0.2) is 4.98 Å². The third kappa shape index (κ3) is 3.78. The third-order valence-corrected chi connectivity index (χ3v) is 3.63. The van der Waals surface area contributed by atoms with Crippen LogP contribution in [0.15, 0.2) is 65.7 Å². The maximum absolute atomic E-state index is 12.3. The molecule has 6 nitrogen and oxygen atoms in total. The number of nitrogens with one attached hydrogen (secondary N) is 2. The molecule has 0 spiro atoms. The first-order valence-corrected chi connectivity index (χ1v) is 7.75. The predicted molar refractivity (Wildman–Crippen MR) is 93.1 cm³/mol. The zero-order chi connectivity index (χ0) is 16.8. The molecule has 1 amide bonds. The molecule has 1 aromatic carbocycles. The lowest BCUT2D eigenvalue weighted by Crippen LogP contribution is -2.33. The van der Waals surface area contributed by atoms with Crippen molar-refractivity contribution in [3.63, 3.8) is 0 Å². The maximum Gasteiger partial charge on any atom is 0.281 e. The number of rotatable bonds is 6. The van der Waals surface area contributed by atoms with Gasteiger partial charge in [-0.3, -0.25) is 14.0 Å². The van der Waals surface area contributed by atoms with Gasteiger partial charge in [-0.15, -0.1) is 0 Å². The normalized spacial score (nSPS) is 10.5. The summed E-state index contributed by atoms with van der Waals surface area (Å²) in [6.45, 7) is 0.587. The highest BCUT2D eigenvalue weighted by Crippen LogP contribution is 2.01. The summed E-state index contributed by atoms with van der Waals surface area (Å²) < 4.78 is 1.44. The second-order valence-corrected chi connectivity index (χ2v) is 5.34. The van der Waals surface area contributed by atoms with Crippen LogP contribution in [0.3, 0.4) is 0 Å². The Hall–Kier alpha value is -3.15. The van der Waals surface area contributed by atoms with Crippen LogP contribution in [-0.4, -0.2) is 28.4 Å². The van der Waals surface area contributed by atoms with Crippen LogP contribution in [0.2, 0.25) is 0 Å². The molecular weight excluding hydrogens is 304 g/mol. The van der Waals surface area contributed by atoms with E-state index in [0.717, 1.165) is 6.42 Å². The molecule has 0 unspecified atom stereocenters. The smallest absolute Gasteiger partial charge is 0.281 e. The van der Waals surface area contributed by atoms with E-state index in [9.17, 15) is 9.59 Å². The first-order chi connectivity index (χ1) is 11.7. The van der Waals surface area contributed by atoms with E-state index >= 15 is 0 Å². The highest BCUT2D eigenvalue weighted by atomic mass is 16.2. The highest BCUT2D eigenvalue weighted by Gasteiger charge is 2.06. The summed E-state index contributed by atoms with van der Waals surface area (Å²) in [5, 5.41) is 5.67. The summed E-state index contributed by atoms with van der Waals surface area (Å²) in [7, 11) is 0. The van der Waals surface area contributed by atoms with E-state index in [1.54, 1.807) is 18.3 Å². The zero-order valence-electron chi connectivity index (χ0n) is 13.1. The molecule has 0 aliphatic rings. The van der Waals surface area contributed by atoms with E-state index in [1.165, 1.54) is 16.2 Å². The highest BCUT2D eigenvalue weighted by molar-refractivity contribution is 5.80. The summed E-state index contributed by atoms with van der Waals surface area (Å²) in [6.07, 6.45) is 3.87. The van der Waals surface area contributed by atoms with E-state index in [2.05, 4.69) is 15.6 Å². The molecule has 0 atom stereocenters. The Balaban J connectivity index is 1.53. The van der Waals surface area contributed by atoms with Gasteiger partial charge in [0, 0.05) is 12.7 Å². The summed E-state index contributed by atoms with van der Waals surface area (Å²) >= 11 is 0. The molecule has 3 aromatic rings. The molecule has 0 radical (unpaired) electrons. The van der Waals surface area contributed by atoms with Gasteiger partial charge in [0.05, 0.1) is 12.7 Å². The van der Waals surface area contributed by atoms with E-state index in [-0.39, 0.29) is 18.0 Å². The number of anilines is 1. The number of amides is 1. The summed E-state index contributed by atoms with van der Waals surface area (Å²) in [5.41, 5.74) is 1.82. The second kappa shape index (κ2) is 7.41. The topological polar surface area (TPSA) is 75.5 Å². The Morgan fingerprint density at radius 3 is 2.71 bits per heavy atom. The predicted octanol–water partition coefficient (Wildman–Crippen LogP) is 1.47. The lowest BCUT2D eigenvalue weighted by atomic mass is 10.1. The summed E-state index contributed by atoms with van der Waals surface area (Å²) in [6, 6.07) is 15.3. The van der Waals surface area contributed by atoms with Gasteiger partial charge in [-0.2, -0.15) is 0 Å². The van der Waals surface area contributed by atoms with Crippen molar-refractivity contribution in [2.45, 2.75) is 6.42 Å². The largest absolute Gasteiger partial charge is 0.370 e. The molecule has 0 aliphatic carbocycles. The van der Waals surface area contributed by atoms with Gasteiger partial charge in [0.25, 0.3) is 5.56 Å². The number of hydrogen-bond donors (Lipinski definition) is 2. The summed E-state index contributed by atoms with van der Waals surface area (Å²) in [5.74, 6) is -0.163. The quantitative estimate of drug-likeness (QED) is 0.720. The number of carbonyl (C=O) groups is 1. The minimum absolute atomic E-state index is 0.0324. The Morgan fingerprint density at radius 2 is 1.88 bits per heavy atom. The average molecular weight is 322 g/mol. The molecule has 2 aromatic heterocycles. The molecule has 0 bridgehead atoms. The number of carbonyl (C=O) groups excluding carboxylic acids is 1. The van der Waals surface area contributed by atoms with E-state index in [0.29, 0.717) is 17.9 Å². The van der Waals surface area contributed by atoms with Crippen molar-refractivity contribution in [1.29, 1.82) is 0 Å². The molecule has 24 heavy (non-hydrogen) atoms. The molecule has 122 valence electrons. The third-order valence-electron chi connectivity index (χ3n) is 3.63. The standard InChI is InChI=1S/C18H18N4O2/c23-17(19-10-9-14-6-2-1-3-7-14)13-20-15-12-21-16-8-4-5-11-22(16)18(15)24/h1-8,11-12,20H,9-10,13H2,(H,19,23). The number of aromatic nitrogens is 2. The van der Waals surface area contributed by atoms with E-state index < -0.39 is 0 Å². The van der Waals surface area contributed by atoms with Crippen molar-refractivity contribution < 1.29 is 4.79 Å². The lowest BCUT2D eigenvalue weighted by Gasteiger charge is -2.08. The number of pyridine rings is 1. The fourth-order valence-electron chi connectivity index (χ4n) is 2.38. The number of fused-ring (bicyclic) bond motifs is 1. The van der Waals surface area contributed by atoms with Crippen molar-refractivity contribution >= 4 is 17.2 Å². The zero-order valence-corrected chi connectivity index (χ0v) is 13.1. The molecule has 2 heterocycles. The molecule has 0 aliphatic heterocycles. The van der Waals surface area contributed by atoms with Crippen LogP contribution in [0, 0.1) is 0 Å². The Morgan fingerprint density at radius 1 is 1.08 bits per heavy atom. The molecule has 6 heteroatoms. The Bertz CT molecular complexity index is 890. The van der Waals surface area contributed by atoms with Gasteiger partial charge in [-0.05, 0) is 24.1 Å². The van der Waals surface area contributed by atoms with Crippen LogP contribution in [0.1, 0.15) is 5.56 Å². The minimum Gasteiger partial charge on any atom is -0.370 e. The van der Waals surface area contributed by atoms with Gasteiger partial charge < -0.3 is 10.6 Å². The van der Waals surface area contributed by atoms with Crippen molar-refractivity contribution in [1.82, 2.24) is 14.7 Å².